The number of carbonyl (C=O) groups excluding carboxylic acids is 1. The third kappa shape index (κ3) is 4.26. The van der Waals surface area contributed by atoms with E-state index in [0.29, 0.717) is 5.52 Å². The maximum absolute atomic E-state index is 12.5. The normalized spacial score (nSPS) is 11.6. The van der Waals surface area contributed by atoms with Gasteiger partial charge in [-0.2, -0.15) is 0 Å². The predicted molar refractivity (Wildman–Crippen MR) is 97.6 cm³/mol. The molecule has 0 spiro atoms. The summed E-state index contributed by atoms with van der Waals surface area (Å²) >= 11 is 0. The maximum Gasteiger partial charge on any atom is 0.420 e. The van der Waals surface area contributed by atoms with Crippen molar-refractivity contribution >= 4 is 27.1 Å². The van der Waals surface area contributed by atoms with Gasteiger partial charge in [-0.1, -0.05) is 30.3 Å². The Hall–Kier alpha value is -2.91. The Labute approximate surface area is 155 Å². The predicted octanol–water partition coefficient (Wildman–Crippen LogP) is 1.64. The summed E-state index contributed by atoms with van der Waals surface area (Å²) < 4.78 is 38.5. The molecule has 0 unspecified atom stereocenters. The van der Waals surface area contributed by atoms with Crippen molar-refractivity contribution in [2.45, 2.75) is 24.9 Å². The van der Waals surface area contributed by atoms with E-state index in [0.717, 1.165) is 10.1 Å². The van der Waals surface area contributed by atoms with Gasteiger partial charge in [-0.3, -0.25) is 9.36 Å². The molecule has 0 radical (unpaired) electrons. The van der Waals surface area contributed by atoms with Crippen LogP contribution in [0.15, 0.2) is 62.6 Å². The van der Waals surface area contributed by atoms with Crippen LogP contribution in [0.25, 0.3) is 11.1 Å². The third-order valence-corrected chi connectivity index (χ3v) is 5.25. The number of fused-ring (bicyclic) bond motifs is 1. The average Bonchev–Trinajstić information content (AvgIpc) is 2.96. The Morgan fingerprint density at radius 1 is 1.19 bits per heavy atom. The number of oxazole rings is 1. The molecule has 0 atom stereocenters. The third-order valence-electron chi connectivity index (χ3n) is 3.85. The number of hydrogen-bond donors (Lipinski definition) is 1. The van der Waals surface area contributed by atoms with Gasteiger partial charge in [-0.25, -0.2) is 17.9 Å². The van der Waals surface area contributed by atoms with Crippen LogP contribution in [-0.4, -0.2) is 25.6 Å². The molecule has 1 aromatic heterocycles. The van der Waals surface area contributed by atoms with Crippen molar-refractivity contribution in [2.75, 3.05) is 6.61 Å². The molecule has 0 fully saturated rings. The molecule has 3 rings (SSSR count). The first-order valence-corrected chi connectivity index (χ1v) is 9.71. The summed E-state index contributed by atoms with van der Waals surface area (Å²) in [7, 11) is -3.80. The SMILES string of the molecule is CCOC(=O)Cn1c(=O)oc2cc(S(=O)(=O)NCc3ccccc3)ccc21. The first-order chi connectivity index (χ1) is 12.9. The van der Waals surface area contributed by atoms with Gasteiger partial charge in [-0.05, 0) is 24.6 Å². The molecule has 142 valence electrons. The number of aromatic nitrogens is 1. The lowest BCUT2D eigenvalue weighted by molar-refractivity contribution is -0.143. The van der Waals surface area contributed by atoms with Gasteiger partial charge in [0.2, 0.25) is 10.0 Å². The van der Waals surface area contributed by atoms with E-state index in [9.17, 15) is 18.0 Å². The molecule has 1 N–H and O–H groups in total. The van der Waals surface area contributed by atoms with Crippen molar-refractivity contribution in [3.63, 3.8) is 0 Å². The van der Waals surface area contributed by atoms with Crippen LogP contribution in [-0.2, 0) is 32.6 Å². The molecule has 0 amide bonds. The zero-order chi connectivity index (χ0) is 19.4. The van der Waals surface area contributed by atoms with E-state index < -0.39 is 21.7 Å². The fraction of sp³-hybridized carbons (Fsp3) is 0.222. The fourth-order valence-corrected chi connectivity index (χ4v) is 3.59. The van der Waals surface area contributed by atoms with Gasteiger partial charge < -0.3 is 9.15 Å². The van der Waals surface area contributed by atoms with Crippen molar-refractivity contribution < 1.29 is 22.4 Å². The summed E-state index contributed by atoms with van der Waals surface area (Å²) in [6, 6.07) is 13.1. The molecule has 9 heteroatoms. The number of nitrogens with one attached hydrogen (secondary N) is 1. The summed E-state index contributed by atoms with van der Waals surface area (Å²) in [6.07, 6.45) is 0. The van der Waals surface area contributed by atoms with Crippen LogP contribution >= 0.6 is 0 Å². The van der Waals surface area contributed by atoms with Gasteiger partial charge >= 0.3 is 11.7 Å². The molecule has 3 aromatic rings. The molecular weight excluding hydrogens is 372 g/mol. The Bertz CT molecular complexity index is 1120. The van der Waals surface area contributed by atoms with Crippen molar-refractivity contribution in [1.82, 2.24) is 9.29 Å². The number of carbonyl (C=O) groups is 1. The number of hydrogen-bond acceptors (Lipinski definition) is 6. The van der Waals surface area contributed by atoms with Crippen LogP contribution in [0.4, 0.5) is 0 Å². The van der Waals surface area contributed by atoms with Crippen LogP contribution in [0.3, 0.4) is 0 Å². The molecule has 0 aliphatic heterocycles. The second kappa shape index (κ2) is 7.77. The van der Waals surface area contributed by atoms with Gasteiger partial charge in [0.25, 0.3) is 0 Å². The van der Waals surface area contributed by atoms with Gasteiger partial charge in [0.05, 0.1) is 17.0 Å². The van der Waals surface area contributed by atoms with Gasteiger partial charge in [0.1, 0.15) is 6.54 Å². The van der Waals surface area contributed by atoms with Gasteiger partial charge in [0, 0.05) is 12.6 Å². The van der Waals surface area contributed by atoms with E-state index in [4.69, 9.17) is 9.15 Å². The molecule has 0 aliphatic carbocycles. The van der Waals surface area contributed by atoms with Crippen molar-refractivity contribution in [3.05, 3.63) is 64.6 Å². The highest BCUT2D eigenvalue weighted by Gasteiger charge is 2.18. The number of esters is 1. The lowest BCUT2D eigenvalue weighted by atomic mass is 10.2. The van der Waals surface area contributed by atoms with Crippen molar-refractivity contribution in [2.24, 2.45) is 0 Å². The van der Waals surface area contributed by atoms with Gasteiger partial charge in [-0.15, -0.1) is 0 Å². The Kier molecular flexibility index (Phi) is 5.43. The van der Waals surface area contributed by atoms with Crippen LogP contribution < -0.4 is 10.5 Å². The highest BCUT2D eigenvalue weighted by molar-refractivity contribution is 7.89. The standard InChI is InChI=1S/C18H18N2O6S/c1-2-25-17(21)12-20-15-9-8-14(10-16(15)26-18(20)22)27(23,24)19-11-13-6-4-3-5-7-13/h3-10,19H,2,11-12H2,1H3. The zero-order valence-electron chi connectivity index (χ0n) is 14.5. The molecule has 0 bridgehead atoms. The largest absolute Gasteiger partial charge is 0.465 e. The number of rotatable bonds is 7. The second-order valence-corrected chi connectivity index (χ2v) is 7.47. The van der Waals surface area contributed by atoms with Crippen molar-refractivity contribution in [1.29, 1.82) is 0 Å². The zero-order valence-corrected chi connectivity index (χ0v) is 15.4. The minimum atomic E-state index is -3.80. The summed E-state index contributed by atoms with van der Waals surface area (Å²) in [5, 5.41) is 0. The highest BCUT2D eigenvalue weighted by atomic mass is 32.2. The summed E-state index contributed by atoms with van der Waals surface area (Å²) in [6.45, 7) is 1.68. The van der Waals surface area contributed by atoms with E-state index in [1.54, 1.807) is 19.1 Å². The minimum absolute atomic E-state index is 0.0389. The molecule has 0 saturated heterocycles. The summed E-state index contributed by atoms with van der Waals surface area (Å²) in [4.78, 5) is 23.6. The lowest BCUT2D eigenvalue weighted by Gasteiger charge is -2.07. The van der Waals surface area contributed by atoms with E-state index >= 15 is 0 Å². The van der Waals surface area contributed by atoms with Crippen molar-refractivity contribution in [3.8, 4) is 0 Å². The van der Waals surface area contributed by atoms with E-state index in [1.165, 1.54) is 18.2 Å². The smallest absolute Gasteiger partial charge is 0.420 e. The highest BCUT2D eigenvalue weighted by Crippen LogP contribution is 2.19. The first kappa shape index (κ1) is 18.9. The topological polar surface area (TPSA) is 108 Å². The minimum Gasteiger partial charge on any atom is -0.465 e. The quantitative estimate of drug-likeness (QED) is 0.615. The number of ether oxygens (including phenoxy) is 1. The molecule has 1 heterocycles. The van der Waals surface area contributed by atoms with Crippen LogP contribution in [0.5, 0.6) is 0 Å². The van der Waals surface area contributed by atoms with E-state index in [2.05, 4.69) is 4.72 Å². The number of nitrogens with zero attached hydrogens (tertiary/aromatic N) is 1. The second-order valence-electron chi connectivity index (χ2n) is 5.70. The Morgan fingerprint density at radius 2 is 1.93 bits per heavy atom. The van der Waals surface area contributed by atoms with E-state index in [1.807, 2.05) is 18.2 Å². The molecular formula is C18H18N2O6S. The molecule has 0 aliphatic rings. The monoisotopic (exact) mass is 390 g/mol. The molecule has 8 nitrogen and oxygen atoms in total. The Balaban J connectivity index is 1.86. The van der Waals surface area contributed by atoms with Crippen LogP contribution in [0.2, 0.25) is 0 Å². The summed E-state index contributed by atoms with van der Waals surface area (Å²) in [5.74, 6) is -1.34. The summed E-state index contributed by atoms with van der Waals surface area (Å²) in [5.41, 5.74) is 1.20. The van der Waals surface area contributed by atoms with Crippen LogP contribution in [0, 0.1) is 0 Å². The fourth-order valence-electron chi connectivity index (χ4n) is 2.56. The first-order valence-electron chi connectivity index (χ1n) is 8.23. The van der Waals surface area contributed by atoms with Gasteiger partial charge in [0.15, 0.2) is 5.58 Å². The lowest BCUT2D eigenvalue weighted by Crippen LogP contribution is -2.23. The maximum atomic E-state index is 12.5. The van der Waals surface area contributed by atoms with E-state index in [-0.39, 0.29) is 30.2 Å². The Morgan fingerprint density at radius 3 is 2.63 bits per heavy atom. The number of sulfonamides is 1. The molecule has 27 heavy (non-hydrogen) atoms. The molecule has 2 aromatic carbocycles. The molecule has 0 saturated carbocycles. The van der Waals surface area contributed by atoms with Crippen LogP contribution in [0.1, 0.15) is 12.5 Å². The number of benzene rings is 2. The average molecular weight is 390 g/mol.